The molecule has 1 aromatic carbocycles. The third-order valence-electron chi connectivity index (χ3n) is 4.45. The van der Waals surface area contributed by atoms with E-state index in [0.29, 0.717) is 16.3 Å². The minimum absolute atomic E-state index is 0.190. The fourth-order valence-corrected chi connectivity index (χ4v) is 3.84. The highest BCUT2D eigenvalue weighted by Crippen LogP contribution is 2.23. The number of benzene rings is 1. The van der Waals surface area contributed by atoms with Gasteiger partial charge in [0, 0.05) is 22.9 Å². The van der Waals surface area contributed by atoms with Gasteiger partial charge in [0.25, 0.3) is 0 Å². The van der Waals surface area contributed by atoms with Crippen LogP contribution in [-0.4, -0.2) is 28.1 Å². The molecule has 0 aliphatic heterocycles. The number of nitrogens with zero attached hydrogens (tertiary/aromatic N) is 2. The van der Waals surface area contributed by atoms with Crippen molar-refractivity contribution < 1.29 is 9.59 Å². The predicted molar refractivity (Wildman–Crippen MR) is 112 cm³/mol. The van der Waals surface area contributed by atoms with Crippen LogP contribution in [0.5, 0.6) is 0 Å². The van der Waals surface area contributed by atoms with Crippen molar-refractivity contribution in [2.24, 2.45) is 0 Å². The average molecular weight is 417 g/mol. The normalized spacial score (nSPS) is 11.9. The lowest BCUT2D eigenvalue weighted by molar-refractivity contribution is -0.136. The van der Waals surface area contributed by atoms with Gasteiger partial charge in [-0.25, -0.2) is 0 Å². The van der Waals surface area contributed by atoms with Crippen LogP contribution in [0.2, 0.25) is 5.02 Å². The van der Waals surface area contributed by atoms with Crippen LogP contribution in [0.3, 0.4) is 0 Å². The molecule has 1 unspecified atom stereocenters. The highest BCUT2D eigenvalue weighted by atomic mass is 35.5. The van der Waals surface area contributed by atoms with Gasteiger partial charge in [-0.3, -0.25) is 14.3 Å². The van der Waals surface area contributed by atoms with Gasteiger partial charge >= 0.3 is 11.8 Å². The average Bonchev–Trinajstić information content (AvgIpc) is 3.29. The molecule has 2 amide bonds. The molecule has 0 saturated heterocycles. The summed E-state index contributed by atoms with van der Waals surface area (Å²) in [5.41, 5.74) is 4.15. The number of rotatable bonds is 5. The highest BCUT2D eigenvalue weighted by molar-refractivity contribution is 7.08. The van der Waals surface area contributed by atoms with E-state index in [4.69, 9.17) is 11.6 Å². The number of hydrogen-bond donors (Lipinski definition) is 2. The van der Waals surface area contributed by atoms with Crippen LogP contribution >= 0.6 is 22.9 Å². The number of nitrogens with one attached hydrogen (secondary N) is 2. The molecule has 0 saturated carbocycles. The fraction of sp³-hybridized carbons (Fsp3) is 0.250. The Balaban J connectivity index is 1.71. The Bertz CT molecular complexity index is 998. The van der Waals surface area contributed by atoms with Gasteiger partial charge in [-0.2, -0.15) is 16.4 Å². The van der Waals surface area contributed by atoms with Crippen LogP contribution < -0.4 is 10.6 Å². The van der Waals surface area contributed by atoms with Crippen molar-refractivity contribution >= 4 is 40.4 Å². The summed E-state index contributed by atoms with van der Waals surface area (Å²) in [6, 6.07) is 8.94. The molecule has 2 N–H and O–H groups in total. The summed E-state index contributed by atoms with van der Waals surface area (Å²) >= 11 is 7.64. The second-order valence-electron chi connectivity index (χ2n) is 6.52. The first-order chi connectivity index (χ1) is 13.4. The Morgan fingerprint density at radius 1 is 1.21 bits per heavy atom. The van der Waals surface area contributed by atoms with E-state index in [1.807, 2.05) is 41.4 Å². The molecule has 0 aliphatic rings. The molecule has 0 spiro atoms. The summed E-state index contributed by atoms with van der Waals surface area (Å²) in [7, 11) is 0. The Morgan fingerprint density at radius 3 is 2.64 bits per heavy atom. The third-order valence-corrected chi connectivity index (χ3v) is 5.56. The number of carbonyl (C=O) groups is 2. The minimum Gasteiger partial charge on any atom is -0.345 e. The maximum absolute atomic E-state index is 12.4. The van der Waals surface area contributed by atoms with Crippen LogP contribution in [0.4, 0.5) is 5.69 Å². The quantitative estimate of drug-likeness (QED) is 0.620. The first-order valence-electron chi connectivity index (χ1n) is 8.76. The highest BCUT2D eigenvalue weighted by Gasteiger charge is 2.21. The van der Waals surface area contributed by atoms with Gasteiger partial charge in [0.1, 0.15) is 0 Å². The van der Waals surface area contributed by atoms with E-state index in [0.717, 1.165) is 17.0 Å². The van der Waals surface area contributed by atoms with Crippen LogP contribution in [0.25, 0.3) is 0 Å². The summed E-state index contributed by atoms with van der Waals surface area (Å²) in [6.07, 6.45) is 0. The number of amides is 2. The molecule has 3 aromatic rings. The SMILES string of the molecule is Cc1cc(C)n(C(CNC(=O)C(=O)Nc2cccc(Cl)c2C)c2ccsc2)n1. The van der Waals surface area contributed by atoms with Crippen molar-refractivity contribution in [3.8, 4) is 0 Å². The molecule has 8 heteroatoms. The molecule has 0 bridgehead atoms. The van der Waals surface area contributed by atoms with Crippen molar-refractivity contribution in [1.82, 2.24) is 15.1 Å². The second kappa shape index (κ2) is 8.58. The van der Waals surface area contributed by atoms with Crippen LogP contribution in [0.15, 0.2) is 41.1 Å². The van der Waals surface area contributed by atoms with Crippen molar-refractivity contribution in [2.75, 3.05) is 11.9 Å². The van der Waals surface area contributed by atoms with Gasteiger partial charge in [-0.15, -0.1) is 0 Å². The first kappa shape index (κ1) is 20.1. The zero-order chi connectivity index (χ0) is 20.3. The van der Waals surface area contributed by atoms with E-state index in [1.165, 1.54) is 0 Å². The van der Waals surface area contributed by atoms with Crippen molar-refractivity contribution in [3.63, 3.8) is 0 Å². The Morgan fingerprint density at radius 2 is 2.00 bits per heavy atom. The Hall–Kier alpha value is -2.64. The van der Waals surface area contributed by atoms with Gasteiger partial charge in [0.2, 0.25) is 0 Å². The van der Waals surface area contributed by atoms with Crippen LogP contribution in [-0.2, 0) is 9.59 Å². The molecule has 0 fully saturated rings. The van der Waals surface area contributed by atoms with E-state index < -0.39 is 11.8 Å². The summed E-state index contributed by atoms with van der Waals surface area (Å²) in [6.45, 7) is 5.92. The summed E-state index contributed by atoms with van der Waals surface area (Å²) in [5.74, 6) is -1.44. The summed E-state index contributed by atoms with van der Waals surface area (Å²) in [4.78, 5) is 24.7. The maximum Gasteiger partial charge on any atom is 0.313 e. The molecule has 1 atom stereocenters. The molecule has 0 radical (unpaired) electrons. The van der Waals surface area contributed by atoms with Gasteiger partial charge in [0.15, 0.2) is 0 Å². The Labute approximate surface area is 172 Å². The lowest BCUT2D eigenvalue weighted by Crippen LogP contribution is -2.39. The summed E-state index contributed by atoms with van der Waals surface area (Å²) in [5, 5.41) is 14.4. The monoisotopic (exact) mass is 416 g/mol. The number of aryl methyl sites for hydroxylation is 2. The van der Waals surface area contributed by atoms with Gasteiger partial charge < -0.3 is 10.6 Å². The Kier molecular flexibility index (Phi) is 6.16. The molecular weight excluding hydrogens is 396 g/mol. The first-order valence-corrected chi connectivity index (χ1v) is 10.1. The lowest BCUT2D eigenvalue weighted by atomic mass is 10.1. The van der Waals surface area contributed by atoms with Gasteiger partial charge in [0.05, 0.1) is 11.7 Å². The minimum atomic E-state index is -0.734. The molecule has 2 heterocycles. The molecule has 0 aliphatic carbocycles. The molecule has 28 heavy (non-hydrogen) atoms. The number of hydrogen-bond acceptors (Lipinski definition) is 4. The second-order valence-corrected chi connectivity index (χ2v) is 7.71. The van der Waals surface area contributed by atoms with Gasteiger partial charge in [-0.05, 0) is 66.9 Å². The van der Waals surface area contributed by atoms with E-state index in [-0.39, 0.29) is 12.6 Å². The number of thiophene rings is 1. The standard InChI is InChI=1S/C20H21ClN4O2S/c1-12-9-13(2)25(24-12)18(15-7-8-28-11-15)10-22-19(26)20(27)23-17-6-4-5-16(21)14(17)3/h4-9,11,18H,10H2,1-3H3,(H,22,26)(H,23,27). The zero-order valence-corrected chi connectivity index (χ0v) is 17.4. The smallest absolute Gasteiger partial charge is 0.313 e. The predicted octanol–water partition coefficient (Wildman–Crippen LogP) is 3.87. The summed E-state index contributed by atoms with van der Waals surface area (Å²) < 4.78 is 1.87. The van der Waals surface area contributed by atoms with Crippen LogP contribution in [0, 0.1) is 20.8 Å². The number of aromatic nitrogens is 2. The van der Waals surface area contributed by atoms with Crippen molar-refractivity contribution in [2.45, 2.75) is 26.8 Å². The van der Waals surface area contributed by atoms with E-state index >= 15 is 0 Å². The largest absolute Gasteiger partial charge is 0.345 e. The molecule has 6 nitrogen and oxygen atoms in total. The third kappa shape index (κ3) is 4.43. The van der Waals surface area contributed by atoms with Crippen molar-refractivity contribution in [3.05, 3.63) is 68.6 Å². The van der Waals surface area contributed by atoms with Crippen LogP contribution in [0.1, 0.15) is 28.6 Å². The molecule has 2 aromatic heterocycles. The maximum atomic E-state index is 12.4. The molecule has 146 valence electrons. The molecule has 3 rings (SSSR count). The zero-order valence-electron chi connectivity index (χ0n) is 15.8. The van der Waals surface area contributed by atoms with E-state index in [9.17, 15) is 9.59 Å². The van der Waals surface area contributed by atoms with E-state index in [2.05, 4.69) is 15.7 Å². The topological polar surface area (TPSA) is 76.0 Å². The number of halogens is 1. The van der Waals surface area contributed by atoms with Crippen molar-refractivity contribution in [1.29, 1.82) is 0 Å². The number of anilines is 1. The number of carbonyl (C=O) groups excluding carboxylic acids is 2. The fourth-order valence-electron chi connectivity index (χ4n) is 2.96. The van der Waals surface area contributed by atoms with E-state index in [1.54, 1.807) is 36.5 Å². The molecular formula is C20H21ClN4O2S. The van der Waals surface area contributed by atoms with Gasteiger partial charge in [-0.1, -0.05) is 17.7 Å². The lowest BCUT2D eigenvalue weighted by Gasteiger charge is -2.19.